The van der Waals surface area contributed by atoms with Crippen molar-refractivity contribution in [2.75, 3.05) is 0 Å². The molecule has 0 aliphatic rings. The van der Waals surface area contributed by atoms with E-state index in [1.54, 1.807) is 0 Å². The Labute approximate surface area is 81.7 Å². The maximum Gasteiger partial charge on any atom is 0.418 e. The Morgan fingerprint density at radius 1 is 1.15 bits per heavy atom. The number of phenols is 1. The van der Waals surface area contributed by atoms with Gasteiger partial charge in [0.15, 0.2) is 0 Å². The standard InChI is InChI=1S/C7H3Cl2F3O/c8-5-2-3(13)1-4(6(5)9)7(10,11)12/h1-2,13H. The molecule has 0 saturated carbocycles. The van der Waals surface area contributed by atoms with Crippen molar-refractivity contribution in [1.82, 2.24) is 0 Å². The van der Waals surface area contributed by atoms with E-state index >= 15 is 0 Å². The van der Waals surface area contributed by atoms with Gasteiger partial charge in [0.25, 0.3) is 0 Å². The van der Waals surface area contributed by atoms with E-state index in [1.165, 1.54) is 0 Å². The van der Waals surface area contributed by atoms with Crippen LogP contribution in [0, 0.1) is 0 Å². The van der Waals surface area contributed by atoms with E-state index in [9.17, 15) is 13.2 Å². The molecule has 0 aliphatic heterocycles. The average molecular weight is 231 g/mol. The largest absolute Gasteiger partial charge is 0.508 e. The summed E-state index contributed by atoms with van der Waals surface area (Å²) in [6.45, 7) is 0. The highest BCUT2D eigenvalue weighted by molar-refractivity contribution is 6.42. The van der Waals surface area contributed by atoms with Crippen LogP contribution < -0.4 is 0 Å². The number of alkyl halides is 3. The van der Waals surface area contributed by atoms with Crippen LogP contribution in [0.1, 0.15) is 5.56 Å². The Kier molecular flexibility index (Phi) is 2.63. The Balaban J connectivity index is 3.37. The van der Waals surface area contributed by atoms with Gasteiger partial charge >= 0.3 is 6.18 Å². The molecule has 0 spiro atoms. The number of aromatic hydroxyl groups is 1. The van der Waals surface area contributed by atoms with E-state index in [1.807, 2.05) is 0 Å². The molecule has 1 aromatic carbocycles. The molecule has 0 aromatic heterocycles. The lowest BCUT2D eigenvalue weighted by atomic mass is 10.2. The summed E-state index contributed by atoms with van der Waals surface area (Å²) in [4.78, 5) is 0. The first-order chi connectivity index (χ1) is 5.82. The molecule has 72 valence electrons. The lowest BCUT2D eigenvalue weighted by Gasteiger charge is -2.09. The summed E-state index contributed by atoms with van der Waals surface area (Å²) >= 11 is 10.6. The average Bonchev–Trinajstić information content (AvgIpc) is 1.94. The summed E-state index contributed by atoms with van der Waals surface area (Å²) in [6.07, 6.45) is -4.61. The van der Waals surface area contributed by atoms with E-state index in [4.69, 9.17) is 28.3 Å². The second-order valence-electron chi connectivity index (χ2n) is 2.29. The third-order valence-electron chi connectivity index (χ3n) is 1.32. The summed E-state index contributed by atoms with van der Waals surface area (Å²) in [5.74, 6) is -0.568. The molecule has 0 fully saturated rings. The van der Waals surface area contributed by atoms with Gasteiger partial charge in [-0.1, -0.05) is 23.2 Å². The third kappa shape index (κ3) is 2.19. The first-order valence-electron chi connectivity index (χ1n) is 3.07. The number of benzene rings is 1. The van der Waals surface area contributed by atoms with Gasteiger partial charge in [-0.3, -0.25) is 0 Å². The van der Waals surface area contributed by atoms with Crippen molar-refractivity contribution in [3.05, 3.63) is 27.7 Å². The molecule has 0 aliphatic carbocycles. The summed E-state index contributed by atoms with van der Waals surface area (Å²) in [7, 11) is 0. The van der Waals surface area contributed by atoms with Crippen LogP contribution in [0.2, 0.25) is 10.0 Å². The highest BCUT2D eigenvalue weighted by Crippen LogP contribution is 2.40. The molecule has 0 heterocycles. The quantitative estimate of drug-likeness (QED) is 0.721. The normalized spacial score (nSPS) is 11.8. The predicted molar refractivity (Wildman–Crippen MR) is 43.1 cm³/mol. The van der Waals surface area contributed by atoms with Crippen molar-refractivity contribution in [1.29, 1.82) is 0 Å². The van der Waals surface area contributed by atoms with Crippen molar-refractivity contribution in [3.8, 4) is 5.75 Å². The van der Waals surface area contributed by atoms with Crippen molar-refractivity contribution in [2.24, 2.45) is 0 Å². The van der Waals surface area contributed by atoms with Gasteiger partial charge in [0.1, 0.15) is 5.75 Å². The van der Waals surface area contributed by atoms with Crippen molar-refractivity contribution >= 4 is 23.2 Å². The van der Waals surface area contributed by atoms with E-state index in [-0.39, 0.29) is 5.02 Å². The van der Waals surface area contributed by atoms with Gasteiger partial charge in [-0.2, -0.15) is 13.2 Å². The lowest BCUT2D eigenvalue weighted by Crippen LogP contribution is -2.05. The molecule has 0 bridgehead atoms. The first kappa shape index (κ1) is 10.5. The van der Waals surface area contributed by atoms with Crippen LogP contribution in [-0.4, -0.2) is 5.11 Å². The number of halogens is 5. The van der Waals surface area contributed by atoms with Crippen molar-refractivity contribution in [3.63, 3.8) is 0 Å². The summed E-state index contributed by atoms with van der Waals surface area (Å²) in [5.41, 5.74) is -1.14. The van der Waals surface area contributed by atoms with Gasteiger partial charge in [-0.25, -0.2) is 0 Å². The second-order valence-corrected chi connectivity index (χ2v) is 3.07. The topological polar surface area (TPSA) is 20.2 Å². The number of rotatable bonds is 0. The van der Waals surface area contributed by atoms with Crippen molar-refractivity contribution in [2.45, 2.75) is 6.18 Å². The first-order valence-corrected chi connectivity index (χ1v) is 3.83. The van der Waals surface area contributed by atoms with Gasteiger partial charge in [0, 0.05) is 6.07 Å². The molecular formula is C7H3Cl2F3O. The third-order valence-corrected chi connectivity index (χ3v) is 2.12. The molecule has 0 atom stereocenters. The monoisotopic (exact) mass is 230 g/mol. The molecule has 0 unspecified atom stereocenters. The van der Waals surface area contributed by atoms with Crippen LogP contribution in [0.15, 0.2) is 12.1 Å². The Morgan fingerprint density at radius 3 is 2.15 bits per heavy atom. The highest BCUT2D eigenvalue weighted by Gasteiger charge is 2.34. The van der Waals surface area contributed by atoms with E-state index in [0.29, 0.717) is 6.07 Å². The Morgan fingerprint density at radius 2 is 1.69 bits per heavy atom. The van der Waals surface area contributed by atoms with Crippen LogP contribution >= 0.6 is 23.2 Å². The van der Waals surface area contributed by atoms with Crippen LogP contribution in [-0.2, 0) is 6.18 Å². The maximum absolute atomic E-state index is 12.2. The fraction of sp³-hybridized carbons (Fsp3) is 0.143. The number of hydrogen-bond donors (Lipinski definition) is 1. The Hall–Kier alpha value is -0.610. The molecule has 0 radical (unpaired) electrons. The van der Waals surface area contributed by atoms with Crippen molar-refractivity contribution < 1.29 is 18.3 Å². The minimum Gasteiger partial charge on any atom is -0.508 e. The number of phenolic OH excluding ortho intramolecular Hbond substituents is 1. The van der Waals surface area contributed by atoms with Crippen LogP contribution in [0.5, 0.6) is 5.75 Å². The highest BCUT2D eigenvalue weighted by atomic mass is 35.5. The molecule has 0 amide bonds. The zero-order chi connectivity index (χ0) is 10.2. The summed E-state index contributed by atoms with van der Waals surface area (Å²) in [5, 5.41) is 7.91. The second kappa shape index (κ2) is 3.27. The summed E-state index contributed by atoms with van der Waals surface area (Å²) < 4.78 is 36.5. The predicted octanol–water partition coefficient (Wildman–Crippen LogP) is 3.72. The van der Waals surface area contributed by atoms with Crippen LogP contribution in [0.25, 0.3) is 0 Å². The van der Waals surface area contributed by atoms with Crippen LogP contribution in [0.3, 0.4) is 0 Å². The maximum atomic E-state index is 12.2. The fourth-order valence-electron chi connectivity index (χ4n) is 0.781. The minimum absolute atomic E-state index is 0.325. The van der Waals surface area contributed by atoms with Crippen LogP contribution in [0.4, 0.5) is 13.2 Å². The minimum atomic E-state index is -4.61. The Bertz CT molecular complexity index is 335. The molecule has 1 aromatic rings. The molecule has 6 heteroatoms. The zero-order valence-corrected chi connectivity index (χ0v) is 7.50. The SMILES string of the molecule is Oc1cc(Cl)c(Cl)c(C(F)(F)F)c1. The van der Waals surface area contributed by atoms with Gasteiger partial charge < -0.3 is 5.11 Å². The van der Waals surface area contributed by atoms with E-state index < -0.39 is 22.5 Å². The van der Waals surface area contributed by atoms with Gasteiger partial charge in [-0.05, 0) is 6.07 Å². The van der Waals surface area contributed by atoms with E-state index in [0.717, 1.165) is 6.07 Å². The lowest BCUT2D eigenvalue weighted by molar-refractivity contribution is -0.137. The molecular weight excluding hydrogens is 228 g/mol. The molecule has 1 rings (SSSR count). The van der Waals surface area contributed by atoms with Gasteiger partial charge in [-0.15, -0.1) is 0 Å². The zero-order valence-electron chi connectivity index (χ0n) is 5.99. The smallest absolute Gasteiger partial charge is 0.418 e. The summed E-state index contributed by atoms with van der Waals surface area (Å²) in [6, 6.07) is 1.47. The number of hydrogen-bond acceptors (Lipinski definition) is 1. The molecule has 13 heavy (non-hydrogen) atoms. The van der Waals surface area contributed by atoms with Gasteiger partial charge in [0.05, 0.1) is 15.6 Å². The van der Waals surface area contributed by atoms with Gasteiger partial charge in [0.2, 0.25) is 0 Å². The fourth-order valence-corrected chi connectivity index (χ4v) is 1.21. The molecule has 0 saturated heterocycles. The molecule has 1 N–H and O–H groups in total. The van der Waals surface area contributed by atoms with E-state index in [2.05, 4.69) is 0 Å². The molecule has 1 nitrogen and oxygen atoms in total.